The zero-order valence-electron chi connectivity index (χ0n) is 14.6. The summed E-state index contributed by atoms with van der Waals surface area (Å²) in [5.74, 6) is -1.42. The fourth-order valence-corrected chi connectivity index (χ4v) is 2.94. The quantitative estimate of drug-likeness (QED) is 0.447. The van der Waals surface area contributed by atoms with Crippen LogP contribution in [0, 0.1) is 0 Å². The molecule has 0 spiro atoms. The standard InChI is InChI=1S/C18H30N2O4/c1-2-3-4-5-6-7-8-9-12-16(21)20-13-10-11-15(20)18(24)19-14-17(22)23/h3-4,15H,2,5-14H2,1H3,(H,19,24)(H,22,23)/b4-3-/t15-/m0/s1. The van der Waals surface area contributed by atoms with Gasteiger partial charge in [-0.25, -0.2) is 0 Å². The van der Waals surface area contributed by atoms with E-state index in [9.17, 15) is 14.4 Å². The fraction of sp³-hybridized carbons (Fsp3) is 0.722. The lowest BCUT2D eigenvalue weighted by molar-refractivity contribution is -0.141. The average molecular weight is 338 g/mol. The molecule has 1 aliphatic heterocycles. The molecule has 1 saturated heterocycles. The first-order chi connectivity index (χ1) is 11.6. The Bertz CT molecular complexity index is 448. The summed E-state index contributed by atoms with van der Waals surface area (Å²) >= 11 is 0. The summed E-state index contributed by atoms with van der Waals surface area (Å²) in [6.45, 7) is 2.31. The number of likely N-dealkylation sites (tertiary alicyclic amines) is 1. The number of carbonyl (C=O) groups excluding carboxylic acids is 2. The topological polar surface area (TPSA) is 86.7 Å². The molecule has 1 heterocycles. The van der Waals surface area contributed by atoms with Gasteiger partial charge in [-0.2, -0.15) is 0 Å². The van der Waals surface area contributed by atoms with Crippen LogP contribution in [-0.2, 0) is 14.4 Å². The maximum Gasteiger partial charge on any atom is 0.322 e. The van der Waals surface area contributed by atoms with Crippen LogP contribution in [0.1, 0.15) is 64.7 Å². The summed E-state index contributed by atoms with van der Waals surface area (Å²) < 4.78 is 0. The number of hydrogen-bond acceptors (Lipinski definition) is 3. The Morgan fingerprint density at radius 3 is 2.62 bits per heavy atom. The minimum atomic E-state index is -1.08. The summed E-state index contributed by atoms with van der Waals surface area (Å²) in [5, 5.41) is 11.0. The van der Waals surface area contributed by atoms with Crippen LogP contribution in [0.4, 0.5) is 0 Å². The maximum atomic E-state index is 12.3. The molecule has 0 aliphatic carbocycles. The third-order valence-electron chi connectivity index (χ3n) is 4.20. The van der Waals surface area contributed by atoms with Crippen molar-refractivity contribution in [1.29, 1.82) is 0 Å². The van der Waals surface area contributed by atoms with E-state index < -0.39 is 18.6 Å². The SMILES string of the molecule is CC/C=C\CCCCCCC(=O)N1CCC[C@H]1C(=O)NCC(=O)O. The minimum absolute atomic E-state index is 0.00820. The molecular formula is C18H30N2O4. The summed E-state index contributed by atoms with van der Waals surface area (Å²) in [6, 6.07) is -0.504. The summed E-state index contributed by atoms with van der Waals surface area (Å²) in [5.41, 5.74) is 0. The van der Waals surface area contributed by atoms with Gasteiger partial charge in [0.1, 0.15) is 12.6 Å². The molecule has 0 unspecified atom stereocenters. The Labute approximate surface area is 144 Å². The van der Waals surface area contributed by atoms with Crippen LogP contribution in [0.25, 0.3) is 0 Å². The highest BCUT2D eigenvalue weighted by Crippen LogP contribution is 2.19. The van der Waals surface area contributed by atoms with Crippen LogP contribution in [0.3, 0.4) is 0 Å². The molecule has 1 fully saturated rings. The number of hydrogen-bond donors (Lipinski definition) is 2. The van der Waals surface area contributed by atoms with E-state index in [-0.39, 0.29) is 11.8 Å². The molecular weight excluding hydrogens is 308 g/mol. The Balaban J connectivity index is 2.24. The van der Waals surface area contributed by atoms with Crippen LogP contribution >= 0.6 is 0 Å². The van der Waals surface area contributed by atoms with E-state index in [2.05, 4.69) is 24.4 Å². The number of carboxylic acids is 1. The van der Waals surface area contributed by atoms with Crippen LogP contribution < -0.4 is 5.32 Å². The molecule has 6 heteroatoms. The van der Waals surface area contributed by atoms with Gasteiger partial charge in [0.15, 0.2) is 0 Å². The smallest absolute Gasteiger partial charge is 0.322 e. The predicted octanol–water partition coefficient (Wildman–Crippen LogP) is 2.48. The second-order valence-corrected chi connectivity index (χ2v) is 6.19. The third kappa shape index (κ3) is 7.62. The number of carbonyl (C=O) groups is 3. The molecule has 0 aromatic carbocycles. The molecule has 2 amide bonds. The van der Waals surface area contributed by atoms with Gasteiger partial charge in [-0.1, -0.05) is 31.9 Å². The monoisotopic (exact) mass is 338 g/mol. The molecule has 2 N–H and O–H groups in total. The Kier molecular flexibility index (Phi) is 9.80. The molecule has 6 nitrogen and oxygen atoms in total. The first-order valence-electron chi connectivity index (χ1n) is 9.00. The number of nitrogens with zero attached hydrogens (tertiary/aromatic N) is 1. The number of unbranched alkanes of at least 4 members (excludes halogenated alkanes) is 4. The highest BCUT2D eigenvalue weighted by Gasteiger charge is 2.33. The van der Waals surface area contributed by atoms with Crippen LogP contribution in [0.5, 0.6) is 0 Å². The van der Waals surface area contributed by atoms with E-state index in [4.69, 9.17) is 5.11 Å². The number of nitrogens with one attached hydrogen (secondary N) is 1. The number of rotatable bonds is 11. The summed E-state index contributed by atoms with van der Waals surface area (Å²) in [4.78, 5) is 36.4. The first-order valence-corrected chi connectivity index (χ1v) is 9.00. The number of allylic oxidation sites excluding steroid dienone is 2. The minimum Gasteiger partial charge on any atom is -0.480 e. The van der Waals surface area contributed by atoms with E-state index in [0.29, 0.717) is 19.4 Å². The van der Waals surface area contributed by atoms with Gasteiger partial charge in [0.2, 0.25) is 11.8 Å². The van der Waals surface area contributed by atoms with Crippen LogP contribution in [-0.4, -0.2) is 46.9 Å². The van der Waals surface area contributed by atoms with Gasteiger partial charge in [0, 0.05) is 13.0 Å². The van der Waals surface area contributed by atoms with Gasteiger partial charge in [-0.05, 0) is 38.5 Å². The lowest BCUT2D eigenvalue weighted by Gasteiger charge is -2.23. The van der Waals surface area contributed by atoms with Crippen molar-refractivity contribution in [2.75, 3.05) is 13.1 Å². The summed E-state index contributed by atoms with van der Waals surface area (Å²) in [6.07, 6.45) is 12.5. The van der Waals surface area contributed by atoms with Gasteiger partial charge in [-0.3, -0.25) is 14.4 Å². The van der Waals surface area contributed by atoms with Crippen LogP contribution in [0.2, 0.25) is 0 Å². The first kappa shape index (κ1) is 20.2. The lowest BCUT2D eigenvalue weighted by Crippen LogP contribution is -2.47. The van der Waals surface area contributed by atoms with Gasteiger partial charge >= 0.3 is 5.97 Å². The molecule has 24 heavy (non-hydrogen) atoms. The molecule has 0 saturated carbocycles. The number of carboxylic acid groups (broad SMARTS) is 1. The molecule has 1 rings (SSSR count). The van der Waals surface area contributed by atoms with Crippen molar-refractivity contribution >= 4 is 17.8 Å². The van der Waals surface area contributed by atoms with E-state index in [1.807, 2.05) is 0 Å². The third-order valence-corrected chi connectivity index (χ3v) is 4.20. The van der Waals surface area contributed by atoms with E-state index in [1.165, 1.54) is 0 Å². The highest BCUT2D eigenvalue weighted by molar-refractivity contribution is 5.89. The Morgan fingerprint density at radius 1 is 1.17 bits per heavy atom. The van der Waals surface area contributed by atoms with Gasteiger partial charge in [0.25, 0.3) is 0 Å². The fourth-order valence-electron chi connectivity index (χ4n) is 2.94. The lowest BCUT2D eigenvalue weighted by atomic mass is 10.1. The molecule has 1 atom stereocenters. The molecule has 0 bridgehead atoms. The average Bonchev–Trinajstić information content (AvgIpc) is 3.04. The molecule has 0 radical (unpaired) electrons. The van der Waals surface area contributed by atoms with Gasteiger partial charge < -0.3 is 15.3 Å². The largest absolute Gasteiger partial charge is 0.480 e. The second-order valence-electron chi connectivity index (χ2n) is 6.19. The predicted molar refractivity (Wildman–Crippen MR) is 92.5 cm³/mol. The van der Waals surface area contributed by atoms with Gasteiger partial charge in [-0.15, -0.1) is 0 Å². The Hall–Kier alpha value is -1.85. The molecule has 136 valence electrons. The molecule has 0 aromatic heterocycles. The van der Waals surface area contributed by atoms with Crippen molar-refractivity contribution in [3.63, 3.8) is 0 Å². The Morgan fingerprint density at radius 2 is 1.92 bits per heavy atom. The zero-order valence-corrected chi connectivity index (χ0v) is 14.6. The molecule has 1 aliphatic rings. The summed E-state index contributed by atoms with van der Waals surface area (Å²) in [7, 11) is 0. The van der Waals surface area contributed by atoms with Crippen molar-refractivity contribution in [3.8, 4) is 0 Å². The van der Waals surface area contributed by atoms with Gasteiger partial charge in [0.05, 0.1) is 0 Å². The van der Waals surface area contributed by atoms with Crippen molar-refractivity contribution in [2.45, 2.75) is 70.8 Å². The van der Waals surface area contributed by atoms with E-state index >= 15 is 0 Å². The number of aliphatic carboxylic acids is 1. The van der Waals surface area contributed by atoms with Crippen molar-refractivity contribution in [2.24, 2.45) is 0 Å². The van der Waals surface area contributed by atoms with Crippen molar-refractivity contribution < 1.29 is 19.5 Å². The zero-order chi connectivity index (χ0) is 17.8. The van der Waals surface area contributed by atoms with Crippen LogP contribution in [0.15, 0.2) is 12.2 Å². The normalized spacial score (nSPS) is 17.4. The van der Waals surface area contributed by atoms with Crippen molar-refractivity contribution in [3.05, 3.63) is 12.2 Å². The molecule has 0 aromatic rings. The highest BCUT2D eigenvalue weighted by atomic mass is 16.4. The number of amides is 2. The maximum absolute atomic E-state index is 12.3. The van der Waals surface area contributed by atoms with E-state index in [1.54, 1.807) is 4.90 Å². The second kappa shape index (κ2) is 11.6. The van der Waals surface area contributed by atoms with Crippen molar-refractivity contribution in [1.82, 2.24) is 10.2 Å². The van der Waals surface area contributed by atoms with E-state index in [0.717, 1.165) is 44.9 Å².